The van der Waals surface area contributed by atoms with Crippen LogP contribution in [-0.2, 0) is 17.5 Å². The third kappa shape index (κ3) is 4.54. The van der Waals surface area contributed by atoms with Crippen molar-refractivity contribution in [2.24, 2.45) is 5.41 Å². The molecule has 0 radical (unpaired) electrons. The lowest BCUT2D eigenvalue weighted by atomic mass is 9.76. The van der Waals surface area contributed by atoms with Crippen LogP contribution in [0.1, 0.15) is 43.2 Å². The average molecular weight is 377 g/mol. The second-order valence-electron chi connectivity index (χ2n) is 6.96. The van der Waals surface area contributed by atoms with E-state index in [1.807, 2.05) is 4.90 Å². The van der Waals surface area contributed by atoms with Crippen molar-refractivity contribution in [3.05, 3.63) is 35.1 Å². The quantitative estimate of drug-likeness (QED) is 0.610. The van der Waals surface area contributed by atoms with Crippen molar-refractivity contribution in [2.75, 3.05) is 13.1 Å². The van der Waals surface area contributed by atoms with Gasteiger partial charge in [-0.3, -0.25) is 9.69 Å². The molecule has 0 aromatic heterocycles. The SMILES string of the molecule is O=CO.O[C@@H]1CCC[C@@]12CCCN(Cc1cccc(F)c1C(F)(F)F)C2. The van der Waals surface area contributed by atoms with Gasteiger partial charge in [-0.1, -0.05) is 18.6 Å². The largest absolute Gasteiger partial charge is 0.483 e. The minimum Gasteiger partial charge on any atom is -0.483 e. The molecule has 1 aliphatic carbocycles. The van der Waals surface area contributed by atoms with Gasteiger partial charge in [0.05, 0.1) is 11.7 Å². The lowest BCUT2D eigenvalue weighted by Crippen LogP contribution is -2.46. The van der Waals surface area contributed by atoms with Crippen molar-refractivity contribution in [1.82, 2.24) is 4.90 Å². The van der Waals surface area contributed by atoms with Crippen LogP contribution in [0.5, 0.6) is 0 Å². The summed E-state index contributed by atoms with van der Waals surface area (Å²) in [5, 5.41) is 17.1. The van der Waals surface area contributed by atoms with Gasteiger partial charge >= 0.3 is 6.18 Å². The van der Waals surface area contributed by atoms with Gasteiger partial charge in [-0.05, 0) is 43.9 Å². The fourth-order valence-electron chi connectivity index (χ4n) is 4.25. The number of carboxylic acid groups (broad SMARTS) is 1. The van der Waals surface area contributed by atoms with E-state index in [1.165, 1.54) is 12.1 Å². The molecule has 2 atom stereocenters. The van der Waals surface area contributed by atoms with Crippen LogP contribution in [0.15, 0.2) is 18.2 Å². The Balaban J connectivity index is 0.000000758. The highest BCUT2D eigenvalue weighted by molar-refractivity contribution is 5.32. The van der Waals surface area contributed by atoms with Crippen LogP contribution in [0.4, 0.5) is 17.6 Å². The molecule has 2 fully saturated rings. The maximum atomic E-state index is 13.7. The molecule has 1 saturated carbocycles. The smallest absolute Gasteiger partial charge is 0.419 e. The van der Waals surface area contributed by atoms with Gasteiger partial charge in [-0.15, -0.1) is 0 Å². The number of aliphatic hydroxyl groups excluding tert-OH is 1. The molecule has 1 heterocycles. The minimum atomic E-state index is -4.69. The van der Waals surface area contributed by atoms with Crippen LogP contribution >= 0.6 is 0 Å². The van der Waals surface area contributed by atoms with E-state index in [1.54, 1.807) is 0 Å². The second kappa shape index (κ2) is 8.35. The summed E-state index contributed by atoms with van der Waals surface area (Å²) in [4.78, 5) is 10.3. The van der Waals surface area contributed by atoms with Crippen LogP contribution in [0.3, 0.4) is 0 Å². The van der Waals surface area contributed by atoms with Crippen molar-refractivity contribution in [3.8, 4) is 0 Å². The fourth-order valence-corrected chi connectivity index (χ4v) is 4.25. The lowest BCUT2D eigenvalue weighted by Gasteiger charge is -2.42. The number of hydrogen-bond donors (Lipinski definition) is 2. The van der Waals surface area contributed by atoms with E-state index in [0.717, 1.165) is 38.2 Å². The summed E-state index contributed by atoms with van der Waals surface area (Å²) in [6, 6.07) is 3.52. The van der Waals surface area contributed by atoms with E-state index >= 15 is 0 Å². The number of hydrogen-bond acceptors (Lipinski definition) is 3. The number of piperidine rings is 1. The second-order valence-corrected chi connectivity index (χ2v) is 6.96. The Bertz CT molecular complexity index is 623. The molecule has 1 saturated heterocycles. The van der Waals surface area contributed by atoms with Crippen LogP contribution < -0.4 is 0 Å². The Kier molecular flexibility index (Phi) is 6.63. The first kappa shape index (κ1) is 20.6. The molecule has 0 bridgehead atoms. The van der Waals surface area contributed by atoms with E-state index in [4.69, 9.17) is 9.90 Å². The topological polar surface area (TPSA) is 60.8 Å². The number of rotatable bonds is 2. The molecule has 4 nitrogen and oxygen atoms in total. The molecule has 2 N–H and O–H groups in total. The predicted molar refractivity (Wildman–Crippen MR) is 86.9 cm³/mol. The van der Waals surface area contributed by atoms with E-state index < -0.39 is 17.6 Å². The molecule has 26 heavy (non-hydrogen) atoms. The first-order valence-corrected chi connectivity index (χ1v) is 8.56. The van der Waals surface area contributed by atoms with E-state index in [-0.39, 0.29) is 30.1 Å². The van der Waals surface area contributed by atoms with Gasteiger partial charge in [0.1, 0.15) is 5.82 Å². The Morgan fingerprint density at radius 1 is 1.27 bits per heavy atom. The third-order valence-electron chi connectivity index (χ3n) is 5.32. The van der Waals surface area contributed by atoms with Gasteiger partial charge in [0.25, 0.3) is 6.47 Å². The summed E-state index contributed by atoms with van der Waals surface area (Å²) < 4.78 is 53.0. The summed E-state index contributed by atoms with van der Waals surface area (Å²) in [6.07, 6.45) is -0.654. The van der Waals surface area contributed by atoms with Gasteiger partial charge in [0.2, 0.25) is 0 Å². The Morgan fingerprint density at radius 2 is 1.92 bits per heavy atom. The van der Waals surface area contributed by atoms with Crippen LogP contribution in [0.25, 0.3) is 0 Å². The maximum Gasteiger partial charge on any atom is 0.419 e. The fraction of sp³-hybridized carbons (Fsp3) is 0.611. The zero-order chi connectivity index (χ0) is 19.4. The van der Waals surface area contributed by atoms with Crippen molar-refractivity contribution in [2.45, 2.75) is 50.9 Å². The molecule has 8 heteroatoms. The number of aliphatic hydroxyl groups is 1. The molecule has 3 rings (SSSR count). The lowest BCUT2D eigenvalue weighted by molar-refractivity contribution is -0.141. The molecule has 1 aliphatic heterocycles. The summed E-state index contributed by atoms with van der Waals surface area (Å²) in [7, 11) is 0. The van der Waals surface area contributed by atoms with Gasteiger partial charge in [-0.2, -0.15) is 13.2 Å². The highest BCUT2D eigenvalue weighted by Gasteiger charge is 2.45. The third-order valence-corrected chi connectivity index (χ3v) is 5.32. The van der Waals surface area contributed by atoms with E-state index in [0.29, 0.717) is 13.1 Å². The Morgan fingerprint density at radius 3 is 2.50 bits per heavy atom. The molecule has 0 amide bonds. The summed E-state index contributed by atoms with van der Waals surface area (Å²) in [5.41, 5.74) is -1.38. The van der Waals surface area contributed by atoms with Gasteiger partial charge in [0.15, 0.2) is 0 Å². The number of halogens is 4. The maximum absolute atomic E-state index is 13.7. The molecule has 1 spiro atoms. The Hall–Kier alpha value is -1.67. The number of alkyl halides is 3. The minimum absolute atomic E-state index is 0.0259. The molecule has 1 aromatic rings. The first-order chi connectivity index (χ1) is 12.2. The molecule has 0 unspecified atom stereocenters. The normalized spacial score (nSPS) is 26.4. The number of benzene rings is 1. The summed E-state index contributed by atoms with van der Waals surface area (Å²) >= 11 is 0. The first-order valence-electron chi connectivity index (χ1n) is 8.56. The number of likely N-dealkylation sites (tertiary alicyclic amines) is 1. The van der Waals surface area contributed by atoms with Crippen molar-refractivity contribution in [1.29, 1.82) is 0 Å². The molecule has 1 aromatic carbocycles. The predicted octanol–water partition coefficient (Wildman–Crippen LogP) is 3.67. The van der Waals surface area contributed by atoms with Crippen LogP contribution in [0.2, 0.25) is 0 Å². The molecular formula is C18H23F4NO3. The molecule has 2 aliphatic rings. The van der Waals surface area contributed by atoms with Gasteiger partial charge in [0, 0.05) is 18.5 Å². The van der Waals surface area contributed by atoms with E-state index in [2.05, 4.69) is 0 Å². The monoisotopic (exact) mass is 377 g/mol. The molecule has 146 valence electrons. The van der Waals surface area contributed by atoms with Crippen molar-refractivity contribution < 1.29 is 32.6 Å². The molecular weight excluding hydrogens is 354 g/mol. The van der Waals surface area contributed by atoms with Crippen molar-refractivity contribution >= 4 is 6.47 Å². The number of nitrogens with zero attached hydrogens (tertiary/aromatic N) is 1. The van der Waals surface area contributed by atoms with E-state index in [9.17, 15) is 22.7 Å². The van der Waals surface area contributed by atoms with Crippen molar-refractivity contribution in [3.63, 3.8) is 0 Å². The van der Waals surface area contributed by atoms with Gasteiger partial charge < -0.3 is 10.2 Å². The highest BCUT2D eigenvalue weighted by atomic mass is 19.4. The van der Waals surface area contributed by atoms with Crippen LogP contribution in [-0.4, -0.2) is 40.8 Å². The number of carbonyl (C=O) groups is 1. The standard InChI is InChI=1S/C17H21F4NO.CH2O2/c18-13-5-1-4-12(15(13)17(19,20)21)10-22-9-3-8-16(11-22)7-2-6-14(16)23;2-1-3/h1,4-5,14,23H,2-3,6-11H2;1H,(H,2,3)/t14-,16+;/m1./s1. The highest BCUT2D eigenvalue weighted by Crippen LogP contribution is 2.45. The zero-order valence-corrected chi connectivity index (χ0v) is 14.3. The van der Waals surface area contributed by atoms with Crippen LogP contribution in [0, 0.1) is 11.2 Å². The zero-order valence-electron chi connectivity index (χ0n) is 14.3. The Labute approximate surface area is 149 Å². The summed E-state index contributed by atoms with van der Waals surface area (Å²) in [5.74, 6) is -1.22. The average Bonchev–Trinajstić information content (AvgIpc) is 2.87. The van der Waals surface area contributed by atoms with Gasteiger partial charge in [-0.25, -0.2) is 4.39 Å². The summed E-state index contributed by atoms with van der Waals surface area (Å²) in [6.45, 7) is 1.09.